The van der Waals surface area contributed by atoms with Crippen molar-refractivity contribution in [1.29, 1.82) is 0 Å². The van der Waals surface area contributed by atoms with Gasteiger partial charge in [0, 0.05) is 0 Å². The molecule has 1 rings (SSSR count). The molecule has 1 unspecified atom stereocenters. The minimum atomic E-state index is -1.07. The first-order chi connectivity index (χ1) is 6.61. The molecule has 0 aliphatic rings. The topological polar surface area (TPSA) is 46.5 Å². The Labute approximate surface area is 100 Å². The molecule has 76 valence electrons. The number of para-hydroxylation sites is 1. The van der Waals surface area contributed by atoms with Crippen molar-refractivity contribution in [3.63, 3.8) is 0 Å². The molecule has 0 spiro atoms. The fourth-order valence-electron chi connectivity index (χ4n) is 0.796. The standard InChI is InChI=1S/C9H8ClIO3/c10-6(9(12)13)5-14-8-4-2-1-3-7(8)11/h1-4,6H,5H2,(H,12,13). The zero-order chi connectivity index (χ0) is 10.6. The Hall–Kier alpha value is -0.490. The van der Waals surface area contributed by atoms with E-state index in [0.717, 1.165) is 3.57 Å². The van der Waals surface area contributed by atoms with Crippen LogP contribution in [0.15, 0.2) is 24.3 Å². The van der Waals surface area contributed by atoms with Crippen LogP contribution in [0.25, 0.3) is 0 Å². The Kier molecular flexibility index (Phi) is 4.47. The van der Waals surface area contributed by atoms with Gasteiger partial charge in [0.05, 0.1) is 3.57 Å². The number of halogens is 2. The summed E-state index contributed by atoms with van der Waals surface area (Å²) in [7, 11) is 0. The molecular weight excluding hydrogens is 318 g/mol. The van der Waals surface area contributed by atoms with Gasteiger partial charge in [0.25, 0.3) is 0 Å². The van der Waals surface area contributed by atoms with E-state index in [2.05, 4.69) is 22.6 Å². The van der Waals surface area contributed by atoms with Gasteiger partial charge >= 0.3 is 5.97 Å². The molecule has 0 bridgehead atoms. The summed E-state index contributed by atoms with van der Waals surface area (Å²) in [6.07, 6.45) is 0. The number of carboxylic acids is 1. The Bertz CT molecular complexity index is 330. The fourth-order valence-corrected chi connectivity index (χ4v) is 1.40. The lowest BCUT2D eigenvalue weighted by atomic mass is 10.3. The van der Waals surface area contributed by atoms with Crippen molar-refractivity contribution in [3.8, 4) is 5.75 Å². The van der Waals surface area contributed by atoms with E-state index in [0.29, 0.717) is 5.75 Å². The van der Waals surface area contributed by atoms with Crippen LogP contribution in [0.2, 0.25) is 0 Å². The number of carbonyl (C=O) groups is 1. The Morgan fingerprint density at radius 2 is 2.21 bits per heavy atom. The smallest absolute Gasteiger partial charge is 0.325 e. The lowest BCUT2D eigenvalue weighted by Crippen LogP contribution is -2.21. The average molecular weight is 327 g/mol. The zero-order valence-electron chi connectivity index (χ0n) is 7.11. The Balaban J connectivity index is 2.54. The summed E-state index contributed by atoms with van der Waals surface area (Å²) in [5.41, 5.74) is 0. The van der Waals surface area contributed by atoms with Gasteiger partial charge in [-0.05, 0) is 34.7 Å². The van der Waals surface area contributed by atoms with E-state index in [9.17, 15) is 4.79 Å². The first-order valence-electron chi connectivity index (χ1n) is 3.85. The molecule has 0 saturated carbocycles. The van der Waals surface area contributed by atoms with Crippen LogP contribution >= 0.6 is 34.2 Å². The van der Waals surface area contributed by atoms with Crippen molar-refractivity contribution in [2.75, 3.05) is 6.61 Å². The second kappa shape index (κ2) is 5.41. The lowest BCUT2D eigenvalue weighted by molar-refractivity contribution is -0.137. The molecule has 5 heteroatoms. The van der Waals surface area contributed by atoms with Gasteiger partial charge in [-0.3, -0.25) is 4.79 Å². The van der Waals surface area contributed by atoms with Crippen LogP contribution in [0, 0.1) is 3.57 Å². The number of aliphatic carboxylic acids is 1. The van der Waals surface area contributed by atoms with E-state index in [1.165, 1.54) is 0 Å². The molecule has 0 fully saturated rings. The van der Waals surface area contributed by atoms with Gasteiger partial charge in [-0.15, -0.1) is 11.6 Å². The van der Waals surface area contributed by atoms with Crippen molar-refractivity contribution < 1.29 is 14.6 Å². The number of hydrogen-bond donors (Lipinski definition) is 1. The van der Waals surface area contributed by atoms with Crippen LogP contribution in [0.3, 0.4) is 0 Å². The molecule has 0 aromatic heterocycles. The van der Waals surface area contributed by atoms with Gasteiger partial charge in [-0.25, -0.2) is 0 Å². The third kappa shape index (κ3) is 3.34. The van der Waals surface area contributed by atoms with E-state index in [1.54, 1.807) is 6.07 Å². The minimum Gasteiger partial charge on any atom is -0.490 e. The monoisotopic (exact) mass is 326 g/mol. The van der Waals surface area contributed by atoms with Crippen molar-refractivity contribution in [2.45, 2.75) is 5.38 Å². The molecule has 0 amide bonds. The third-order valence-corrected chi connectivity index (χ3v) is 2.69. The van der Waals surface area contributed by atoms with Gasteiger partial charge in [0.15, 0.2) is 5.38 Å². The molecule has 1 aromatic carbocycles. The highest BCUT2D eigenvalue weighted by molar-refractivity contribution is 14.1. The number of alkyl halides is 1. The zero-order valence-corrected chi connectivity index (χ0v) is 10.0. The summed E-state index contributed by atoms with van der Waals surface area (Å²) in [6.45, 7) is -0.0308. The van der Waals surface area contributed by atoms with Crippen LogP contribution in [0.1, 0.15) is 0 Å². The summed E-state index contributed by atoms with van der Waals surface area (Å²) in [5.74, 6) is -0.419. The molecular formula is C9H8ClIO3. The molecule has 0 saturated heterocycles. The van der Waals surface area contributed by atoms with Crippen molar-refractivity contribution >= 4 is 40.2 Å². The van der Waals surface area contributed by atoms with E-state index >= 15 is 0 Å². The molecule has 0 heterocycles. The Morgan fingerprint density at radius 1 is 1.57 bits per heavy atom. The van der Waals surface area contributed by atoms with Gasteiger partial charge in [-0.1, -0.05) is 12.1 Å². The predicted molar refractivity (Wildman–Crippen MR) is 61.9 cm³/mol. The molecule has 0 aliphatic carbocycles. The number of hydrogen-bond acceptors (Lipinski definition) is 2. The van der Waals surface area contributed by atoms with Crippen LogP contribution in [-0.2, 0) is 4.79 Å². The molecule has 1 aromatic rings. The van der Waals surface area contributed by atoms with Gasteiger partial charge in [0.1, 0.15) is 12.4 Å². The van der Waals surface area contributed by atoms with E-state index in [-0.39, 0.29) is 6.61 Å². The summed E-state index contributed by atoms with van der Waals surface area (Å²) in [4.78, 5) is 10.4. The quantitative estimate of drug-likeness (QED) is 0.682. The SMILES string of the molecule is O=C(O)C(Cl)COc1ccccc1I. The maximum Gasteiger partial charge on any atom is 0.325 e. The molecule has 0 radical (unpaired) electrons. The molecule has 0 aliphatic heterocycles. The van der Waals surface area contributed by atoms with Crippen molar-refractivity contribution in [3.05, 3.63) is 27.8 Å². The summed E-state index contributed by atoms with van der Waals surface area (Å²) < 4.78 is 6.17. The van der Waals surface area contributed by atoms with Gasteiger partial charge in [0.2, 0.25) is 0 Å². The maximum absolute atomic E-state index is 10.4. The molecule has 14 heavy (non-hydrogen) atoms. The van der Waals surface area contributed by atoms with E-state index < -0.39 is 11.3 Å². The first-order valence-corrected chi connectivity index (χ1v) is 5.37. The van der Waals surface area contributed by atoms with Crippen LogP contribution in [0.4, 0.5) is 0 Å². The number of benzene rings is 1. The Morgan fingerprint density at radius 3 is 2.79 bits per heavy atom. The van der Waals surface area contributed by atoms with Gasteiger partial charge in [-0.2, -0.15) is 0 Å². The predicted octanol–water partition coefficient (Wildman–Crippen LogP) is 2.36. The highest BCUT2D eigenvalue weighted by Crippen LogP contribution is 2.20. The number of ether oxygens (including phenoxy) is 1. The lowest BCUT2D eigenvalue weighted by Gasteiger charge is -2.08. The minimum absolute atomic E-state index is 0.0308. The molecule has 3 nitrogen and oxygen atoms in total. The largest absolute Gasteiger partial charge is 0.490 e. The second-order valence-electron chi connectivity index (χ2n) is 2.55. The third-order valence-electron chi connectivity index (χ3n) is 1.49. The number of carboxylic acid groups (broad SMARTS) is 1. The molecule has 1 N–H and O–H groups in total. The summed E-state index contributed by atoms with van der Waals surface area (Å²) >= 11 is 7.60. The number of rotatable bonds is 4. The normalized spacial score (nSPS) is 12.1. The second-order valence-corrected chi connectivity index (χ2v) is 4.24. The maximum atomic E-state index is 10.4. The van der Waals surface area contributed by atoms with Gasteiger partial charge < -0.3 is 9.84 Å². The van der Waals surface area contributed by atoms with E-state index in [1.807, 2.05) is 18.2 Å². The van der Waals surface area contributed by atoms with Crippen LogP contribution < -0.4 is 4.74 Å². The average Bonchev–Trinajstić information content (AvgIpc) is 2.16. The highest BCUT2D eigenvalue weighted by atomic mass is 127. The fraction of sp³-hybridized carbons (Fsp3) is 0.222. The van der Waals surface area contributed by atoms with Crippen molar-refractivity contribution in [2.24, 2.45) is 0 Å². The summed E-state index contributed by atoms with van der Waals surface area (Å²) in [6, 6.07) is 7.35. The van der Waals surface area contributed by atoms with E-state index in [4.69, 9.17) is 21.4 Å². The molecule has 1 atom stereocenters. The van der Waals surface area contributed by atoms with Crippen LogP contribution in [-0.4, -0.2) is 23.1 Å². The first kappa shape index (κ1) is 11.6. The summed E-state index contributed by atoms with van der Waals surface area (Å²) in [5, 5.41) is 7.51. The van der Waals surface area contributed by atoms with Crippen molar-refractivity contribution in [1.82, 2.24) is 0 Å². The van der Waals surface area contributed by atoms with Crippen LogP contribution in [0.5, 0.6) is 5.75 Å². The highest BCUT2D eigenvalue weighted by Gasteiger charge is 2.14.